The Labute approximate surface area is 185 Å². The van der Waals surface area contributed by atoms with Crippen LogP contribution in [0.2, 0.25) is 0 Å². The molecule has 0 spiro atoms. The number of nitrogens with one attached hydrogen (secondary N) is 1. The second-order valence-corrected chi connectivity index (χ2v) is 8.79. The molecular weight excluding hydrogens is 435 g/mol. The fourth-order valence-electron chi connectivity index (χ4n) is 2.96. The highest BCUT2D eigenvalue weighted by atomic mass is 32.2. The molecular formula is C23H21FN2O5S. The molecule has 0 aliphatic rings. The molecule has 7 nitrogen and oxygen atoms in total. The van der Waals surface area contributed by atoms with Crippen LogP contribution in [-0.4, -0.2) is 20.2 Å². The van der Waals surface area contributed by atoms with Gasteiger partial charge in [0.2, 0.25) is 5.91 Å². The number of anilines is 1. The van der Waals surface area contributed by atoms with Gasteiger partial charge < -0.3 is 15.2 Å². The number of nitrogens with two attached hydrogens (primary N) is 1. The monoisotopic (exact) mass is 456 g/mol. The van der Waals surface area contributed by atoms with Crippen LogP contribution < -0.4 is 15.2 Å². The Morgan fingerprint density at radius 2 is 1.59 bits per heavy atom. The predicted molar refractivity (Wildman–Crippen MR) is 118 cm³/mol. The highest BCUT2D eigenvalue weighted by molar-refractivity contribution is 7.87. The summed E-state index contributed by atoms with van der Waals surface area (Å²) in [6.45, 7) is 4.89. The number of carbonyl (C=O) groups excluding carboxylic acids is 2. The van der Waals surface area contributed by atoms with Gasteiger partial charge in [-0.25, -0.2) is 4.39 Å². The van der Waals surface area contributed by atoms with Gasteiger partial charge in [-0.1, -0.05) is 12.1 Å². The van der Waals surface area contributed by atoms with Crippen molar-refractivity contribution in [2.45, 2.75) is 25.7 Å². The van der Waals surface area contributed by atoms with Crippen LogP contribution in [0.3, 0.4) is 0 Å². The summed E-state index contributed by atoms with van der Waals surface area (Å²) in [6, 6.07) is 12.7. The van der Waals surface area contributed by atoms with Crippen molar-refractivity contribution >= 4 is 27.6 Å². The van der Waals surface area contributed by atoms with E-state index < -0.39 is 27.7 Å². The summed E-state index contributed by atoms with van der Waals surface area (Å²) < 4.78 is 44.4. The van der Waals surface area contributed by atoms with E-state index in [2.05, 4.69) is 5.32 Å². The van der Waals surface area contributed by atoms with Gasteiger partial charge in [0.05, 0.1) is 0 Å². The minimum atomic E-state index is -4.06. The van der Waals surface area contributed by atoms with Gasteiger partial charge in [-0.2, -0.15) is 8.42 Å². The number of aryl methyl sites for hydroxylation is 2. The highest BCUT2D eigenvalue weighted by Crippen LogP contribution is 2.24. The van der Waals surface area contributed by atoms with Crippen molar-refractivity contribution in [2.24, 2.45) is 5.73 Å². The van der Waals surface area contributed by atoms with Crippen LogP contribution in [0.5, 0.6) is 5.75 Å². The van der Waals surface area contributed by atoms with Crippen LogP contribution in [0.4, 0.5) is 10.1 Å². The Bertz CT molecular complexity index is 1320. The summed E-state index contributed by atoms with van der Waals surface area (Å²) in [7, 11) is -4.06. The van der Waals surface area contributed by atoms with Gasteiger partial charge in [0.15, 0.2) is 0 Å². The molecule has 32 heavy (non-hydrogen) atoms. The van der Waals surface area contributed by atoms with E-state index >= 15 is 0 Å². The molecule has 3 rings (SSSR count). The van der Waals surface area contributed by atoms with Crippen LogP contribution in [0.25, 0.3) is 0 Å². The maximum Gasteiger partial charge on any atom is 0.339 e. The molecule has 3 N–H and O–H groups in total. The van der Waals surface area contributed by atoms with Crippen LogP contribution in [0.1, 0.15) is 37.4 Å². The number of hydrogen-bond donors (Lipinski definition) is 2. The van der Waals surface area contributed by atoms with Gasteiger partial charge >= 0.3 is 10.1 Å². The standard InChI is InChI=1S/C23H21FN2O5S/c1-13-4-5-14(2)21(10-13)32(29,30)31-18-8-6-16(7-9-18)23(28)26-20-12-17(22(25)27)11-19(24)15(20)3/h4-12H,1-3H3,(H2,25,27)(H,26,28). The molecule has 0 atom stereocenters. The molecule has 0 unspecified atom stereocenters. The summed E-state index contributed by atoms with van der Waals surface area (Å²) in [4.78, 5) is 24.0. The molecule has 9 heteroatoms. The van der Waals surface area contributed by atoms with Crippen molar-refractivity contribution in [3.8, 4) is 5.75 Å². The zero-order valence-corrected chi connectivity index (χ0v) is 18.4. The van der Waals surface area contributed by atoms with E-state index in [1.54, 1.807) is 26.0 Å². The molecule has 0 saturated carbocycles. The number of primary amides is 1. The van der Waals surface area contributed by atoms with Crippen molar-refractivity contribution < 1.29 is 26.6 Å². The van der Waals surface area contributed by atoms with Gasteiger partial charge in [0, 0.05) is 22.4 Å². The minimum Gasteiger partial charge on any atom is -0.379 e. The van der Waals surface area contributed by atoms with Crippen molar-refractivity contribution in [3.63, 3.8) is 0 Å². The maximum atomic E-state index is 14.0. The lowest BCUT2D eigenvalue weighted by Gasteiger charge is -2.12. The topological polar surface area (TPSA) is 116 Å². The molecule has 0 aliphatic carbocycles. The smallest absolute Gasteiger partial charge is 0.339 e. The molecule has 0 bridgehead atoms. The van der Waals surface area contributed by atoms with Crippen molar-refractivity contribution in [3.05, 3.63) is 88.2 Å². The summed E-state index contributed by atoms with van der Waals surface area (Å²) in [6.07, 6.45) is 0. The first-order valence-corrected chi connectivity index (χ1v) is 10.9. The number of benzene rings is 3. The molecule has 166 valence electrons. The predicted octanol–water partition coefficient (Wildman–Crippen LogP) is 3.87. The Kier molecular flexibility index (Phi) is 6.31. The van der Waals surface area contributed by atoms with Gasteiger partial charge in [-0.3, -0.25) is 9.59 Å². The lowest BCUT2D eigenvalue weighted by Crippen LogP contribution is -2.16. The number of carbonyl (C=O) groups is 2. The molecule has 0 fully saturated rings. The van der Waals surface area contributed by atoms with Gasteiger partial charge in [-0.15, -0.1) is 0 Å². The van der Waals surface area contributed by atoms with Crippen LogP contribution in [0, 0.1) is 26.6 Å². The Hall–Kier alpha value is -3.72. The first-order valence-electron chi connectivity index (χ1n) is 9.51. The molecule has 0 aliphatic heterocycles. The zero-order chi connectivity index (χ0) is 23.6. The van der Waals surface area contributed by atoms with E-state index in [-0.39, 0.29) is 33.0 Å². The number of hydrogen-bond acceptors (Lipinski definition) is 5. The zero-order valence-electron chi connectivity index (χ0n) is 17.6. The third kappa shape index (κ3) is 4.94. The molecule has 3 aromatic rings. The van der Waals surface area contributed by atoms with Crippen molar-refractivity contribution in [1.82, 2.24) is 0 Å². The highest BCUT2D eigenvalue weighted by Gasteiger charge is 2.20. The number of halogens is 1. The van der Waals surface area contributed by atoms with E-state index in [1.165, 1.54) is 43.3 Å². The Balaban J connectivity index is 1.79. The van der Waals surface area contributed by atoms with Gasteiger partial charge in [0.25, 0.3) is 5.91 Å². The average Bonchev–Trinajstić information content (AvgIpc) is 2.73. The summed E-state index contributed by atoms with van der Waals surface area (Å²) >= 11 is 0. The average molecular weight is 456 g/mol. The third-order valence-corrected chi connectivity index (χ3v) is 6.20. The second-order valence-electron chi connectivity index (χ2n) is 7.28. The first kappa shape index (κ1) is 23.0. The van der Waals surface area contributed by atoms with Gasteiger partial charge in [-0.05, 0) is 74.4 Å². The van der Waals surface area contributed by atoms with Crippen LogP contribution in [0.15, 0.2) is 59.5 Å². The quantitative estimate of drug-likeness (QED) is 0.547. The SMILES string of the molecule is Cc1ccc(C)c(S(=O)(=O)Oc2ccc(C(=O)Nc3cc(C(N)=O)cc(F)c3C)cc2)c1. The van der Waals surface area contributed by atoms with E-state index in [1.807, 2.05) is 0 Å². The van der Waals surface area contributed by atoms with Crippen molar-refractivity contribution in [2.75, 3.05) is 5.32 Å². The lowest BCUT2D eigenvalue weighted by atomic mass is 10.1. The molecule has 0 saturated heterocycles. The number of rotatable bonds is 6. The van der Waals surface area contributed by atoms with E-state index in [4.69, 9.17) is 9.92 Å². The summed E-state index contributed by atoms with van der Waals surface area (Å²) in [5.74, 6) is -2.07. The summed E-state index contributed by atoms with van der Waals surface area (Å²) in [5, 5.41) is 2.52. The fourth-order valence-corrected chi connectivity index (χ4v) is 4.20. The van der Waals surface area contributed by atoms with E-state index in [0.29, 0.717) is 5.56 Å². The Morgan fingerprint density at radius 3 is 2.22 bits per heavy atom. The van der Waals surface area contributed by atoms with Crippen molar-refractivity contribution in [1.29, 1.82) is 0 Å². The lowest BCUT2D eigenvalue weighted by molar-refractivity contribution is 0.0995. The summed E-state index contributed by atoms with van der Waals surface area (Å²) in [5.41, 5.74) is 6.84. The van der Waals surface area contributed by atoms with E-state index in [9.17, 15) is 22.4 Å². The molecule has 0 aromatic heterocycles. The van der Waals surface area contributed by atoms with Crippen LogP contribution in [-0.2, 0) is 10.1 Å². The van der Waals surface area contributed by atoms with E-state index in [0.717, 1.165) is 11.6 Å². The molecule has 2 amide bonds. The normalized spacial score (nSPS) is 11.1. The Morgan fingerprint density at radius 1 is 0.938 bits per heavy atom. The fraction of sp³-hybridized carbons (Fsp3) is 0.130. The maximum absolute atomic E-state index is 14.0. The first-order chi connectivity index (χ1) is 15.0. The number of amides is 2. The molecule has 0 heterocycles. The van der Waals surface area contributed by atoms with Crippen LogP contribution >= 0.6 is 0 Å². The largest absolute Gasteiger partial charge is 0.379 e. The third-order valence-electron chi connectivity index (χ3n) is 4.81. The second kappa shape index (κ2) is 8.80. The minimum absolute atomic E-state index is 0.0282. The van der Waals surface area contributed by atoms with Gasteiger partial charge in [0.1, 0.15) is 16.5 Å². The molecule has 3 aromatic carbocycles. The molecule has 0 radical (unpaired) electrons.